The van der Waals surface area contributed by atoms with E-state index in [1.807, 2.05) is 4.72 Å². The minimum absolute atomic E-state index is 0.0621. The van der Waals surface area contributed by atoms with E-state index in [0.717, 1.165) is 18.2 Å². The number of benzene rings is 2. The number of anilines is 1. The lowest BCUT2D eigenvalue weighted by Crippen LogP contribution is -2.33. The van der Waals surface area contributed by atoms with Gasteiger partial charge in [-0.05, 0) is 36.4 Å². The van der Waals surface area contributed by atoms with Gasteiger partial charge in [0, 0.05) is 5.56 Å². The summed E-state index contributed by atoms with van der Waals surface area (Å²) in [5.74, 6) is -1.42. The van der Waals surface area contributed by atoms with Crippen molar-refractivity contribution < 1.29 is 35.9 Å². The van der Waals surface area contributed by atoms with Crippen LogP contribution in [0.5, 0.6) is 5.75 Å². The van der Waals surface area contributed by atoms with E-state index in [-0.39, 0.29) is 17.0 Å². The molecule has 0 aromatic heterocycles. The second kappa shape index (κ2) is 8.49. The number of carbonyl (C=O) groups excluding carboxylic acids is 2. The Balaban J connectivity index is 2.13. The third-order valence-corrected chi connectivity index (χ3v) is 5.05. The number of halogens is 3. The number of hydrogen-bond donors (Lipinski definition) is 3. The molecular formula is C17H16F3N3O5S. The molecule has 0 heterocycles. The van der Waals surface area contributed by atoms with E-state index in [0.29, 0.717) is 6.07 Å². The van der Waals surface area contributed by atoms with Crippen LogP contribution < -0.4 is 20.5 Å². The number of rotatable bonds is 7. The first kappa shape index (κ1) is 22.2. The van der Waals surface area contributed by atoms with Crippen LogP contribution in [-0.4, -0.2) is 33.9 Å². The van der Waals surface area contributed by atoms with Gasteiger partial charge in [0.2, 0.25) is 21.8 Å². The van der Waals surface area contributed by atoms with Gasteiger partial charge in [0.25, 0.3) is 0 Å². The van der Waals surface area contributed by atoms with E-state index in [4.69, 9.17) is 10.5 Å². The van der Waals surface area contributed by atoms with Gasteiger partial charge in [-0.15, -0.1) is 0 Å². The van der Waals surface area contributed by atoms with Crippen molar-refractivity contribution >= 4 is 27.5 Å². The Labute approximate surface area is 163 Å². The normalized spacial score (nSPS) is 11.7. The van der Waals surface area contributed by atoms with Crippen LogP contribution >= 0.6 is 0 Å². The fourth-order valence-electron chi connectivity index (χ4n) is 2.24. The molecule has 2 amide bonds. The maximum Gasteiger partial charge on any atom is 0.416 e. The fourth-order valence-corrected chi connectivity index (χ4v) is 3.26. The van der Waals surface area contributed by atoms with Crippen LogP contribution in [0.1, 0.15) is 15.9 Å². The Bertz CT molecular complexity index is 1040. The number of nitrogens with one attached hydrogen (secondary N) is 2. The molecule has 0 spiro atoms. The van der Waals surface area contributed by atoms with Gasteiger partial charge in [-0.1, -0.05) is 6.07 Å². The molecule has 0 aliphatic rings. The third kappa shape index (κ3) is 5.68. The van der Waals surface area contributed by atoms with Gasteiger partial charge >= 0.3 is 6.18 Å². The summed E-state index contributed by atoms with van der Waals surface area (Å²) in [5.41, 5.74) is 4.16. The molecule has 0 aliphatic carbocycles. The summed E-state index contributed by atoms with van der Waals surface area (Å²) in [6.07, 6.45) is -4.72. The van der Waals surface area contributed by atoms with Crippen molar-refractivity contribution in [3.63, 3.8) is 0 Å². The van der Waals surface area contributed by atoms with Crippen molar-refractivity contribution in [2.45, 2.75) is 11.1 Å². The highest BCUT2D eigenvalue weighted by Crippen LogP contribution is 2.30. The summed E-state index contributed by atoms with van der Waals surface area (Å²) in [7, 11) is -3.07. The monoisotopic (exact) mass is 431 g/mol. The molecule has 4 N–H and O–H groups in total. The maximum atomic E-state index is 12.7. The Morgan fingerprint density at radius 1 is 1.14 bits per heavy atom. The highest BCUT2D eigenvalue weighted by molar-refractivity contribution is 7.89. The number of alkyl halides is 3. The topological polar surface area (TPSA) is 128 Å². The lowest BCUT2D eigenvalue weighted by atomic mass is 10.1. The largest absolute Gasteiger partial charge is 0.495 e. The number of sulfonamides is 1. The van der Waals surface area contributed by atoms with E-state index in [1.165, 1.54) is 25.3 Å². The second-order valence-corrected chi connectivity index (χ2v) is 7.44. The quantitative estimate of drug-likeness (QED) is 0.615. The van der Waals surface area contributed by atoms with Gasteiger partial charge in [0.15, 0.2) is 0 Å². The Morgan fingerprint density at radius 3 is 2.41 bits per heavy atom. The van der Waals surface area contributed by atoms with Gasteiger partial charge in [-0.2, -0.15) is 13.2 Å². The zero-order valence-electron chi connectivity index (χ0n) is 14.9. The first-order valence-corrected chi connectivity index (χ1v) is 9.37. The number of carbonyl (C=O) groups is 2. The van der Waals surface area contributed by atoms with E-state index in [2.05, 4.69) is 5.32 Å². The van der Waals surface area contributed by atoms with E-state index < -0.39 is 45.0 Å². The molecule has 29 heavy (non-hydrogen) atoms. The molecule has 0 saturated heterocycles. The molecule has 0 unspecified atom stereocenters. The summed E-state index contributed by atoms with van der Waals surface area (Å²) >= 11 is 0. The zero-order valence-corrected chi connectivity index (χ0v) is 15.7. The van der Waals surface area contributed by atoms with Crippen LogP contribution in [0, 0.1) is 0 Å². The minimum atomic E-state index is -4.72. The Kier molecular flexibility index (Phi) is 6.49. The molecule has 156 valence electrons. The van der Waals surface area contributed by atoms with Crippen molar-refractivity contribution in [2.75, 3.05) is 19.0 Å². The SMILES string of the molecule is COc1ccc(C(N)=O)cc1NC(=O)CNS(=O)(=O)c1cccc(C(F)(F)F)c1. The molecule has 0 aliphatic heterocycles. The highest BCUT2D eigenvalue weighted by Gasteiger charge is 2.31. The predicted octanol–water partition coefficient (Wildman–Crippen LogP) is 1.73. The number of methoxy groups -OCH3 is 1. The van der Waals surface area contributed by atoms with Gasteiger partial charge in [-0.3, -0.25) is 9.59 Å². The lowest BCUT2D eigenvalue weighted by Gasteiger charge is -2.12. The van der Waals surface area contributed by atoms with Crippen LogP contribution in [0.3, 0.4) is 0 Å². The van der Waals surface area contributed by atoms with E-state index >= 15 is 0 Å². The van der Waals surface area contributed by atoms with Gasteiger partial charge in [-0.25, -0.2) is 13.1 Å². The average molecular weight is 431 g/mol. The molecular weight excluding hydrogens is 415 g/mol. The van der Waals surface area contributed by atoms with Crippen molar-refractivity contribution in [2.24, 2.45) is 5.73 Å². The molecule has 8 nitrogen and oxygen atoms in total. The molecule has 0 bridgehead atoms. The summed E-state index contributed by atoms with van der Waals surface area (Å²) < 4.78 is 69.6. The van der Waals surface area contributed by atoms with Gasteiger partial charge in [0.1, 0.15) is 5.75 Å². The summed E-state index contributed by atoms with van der Waals surface area (Å²) in [5, 5.41) is 2.34. The summed E-state index contributed by atoms with van der Waals surface area (Å²) in [6.45, 7) is -0.775. The maximum absolute atomic E-state index is 12.7. The van der Waals surface area contributed by atoms with Crippen LogP contribution in [0.4, 0.5) is 18.9 Å². The first-order chi connectivity index (χ1) is 13.4. The van der Waals surface area contributed by atoms with Crippen molar-refractivity contribution in [1.29, 1.82) is 0 Å². The molecule has 0 saturated carbocycles. The van der Waals surface area contributed by atoms with Crippen LogP contribution in [0.15, 0.2) is 47.4 Å². The van der Waals surface area contributed by atoms with Crippen LogP contribution in [0.25, 0.3) is 0 Å². The Hall–Kier alpha value is -3.12. The number of ether oxygens (including phenoxy) is 1. The first-order valence-electron chi connectivity index (χ1n) is 7.88. The van der Waals surface area contributed by atoms with Gasteiger partial charge in [0.05, 0.1) is 29.8 Å². The third-order valence-electron chi connectivity index (χ3n) is 3.65. The highest BCUT2D eigenvalue weighted by atomic mass is 32.2. The second-order valence-electron chi connectivity index (χ2n) is 5.68. The molecule has 2 aromatic carbocycles. The van der Waals surface area contributed by atoms with Crippen molar-refractivity contribution in [3.05, 3.63) is 53.6 Å². The van der Waals surface area contributed by atoms with Gasteiger partial charge < -0.3 is 15.8 Å². The van der Waals surface area contributed by atoms with Crippen LogP contribution in [0.2, 0.25) is 0 Å². The molecule has 0 radical (unpaired) electrons. The number of hydrogen-bond acceptors (Lipinski definition) is 5. The number of nitrogens with two attached hydrogens (primary N) is 1. The summed E-state index contributed by atoms with van der Waals surface area (Å²) in [6, 6.07) is 7.08. The van der Waals surface area contributed by atoms with Crippen LogP contribution in [-0.2, 0) is 21.0 Å². The fraction of sp³-hybridized carbons (Fsp3) is 0.176. The number of primary amides is 1. The standard InChI is InChI=1S/C17H16F3N3O5S/c1-28-14-6-5-10(16(21)25)7-13(14)23-15(24)9-22-29(26,27)12-4-2-3-11(8-12)17(18,19)20/h2-8,22H,9H2,1H3,(H2,21,25)(H,23,24). The van der Waals surface area contributed by atoms with E-state index in [1.54, 1.807) is 0 Å². The lowest BCUT2D eigenvalue weighted by molar-refractivity contribution is -0.137. The summed E-state index contributed by atoms with van der Waals surface area (Å²) in [4.78, 5) is 22.7. The van der Waals surface area contributed by atoms with Crippen molar-refractivity contribution in [3.8, 4) is 5.75 Å². The zero-order chi connectivity index (χ0) is 21.8. The molecule has 2 rings (SSSR count). The molecule has 12 heteroatoms. The molecule has 2 aromatic rings. The minimum Gasteiger partial charge on any atom is -0.495 e. The predicted molar refractivity (Wildman–Crippen MR) is 96.8 cm³/mol. The molecule has 0 fully saturated rings. The molecule has 0 atom stereocenters. The number of amides is 2. The average Bonchev–Trinajstić information content (AvgIpc) is 2.66. The van der Waals surface area contributed by atoms with Crippen molar-refractivity contribution in [1.82, 2.24) is 4.72 Å². The smallest absolute Gasteiger partial charge is 0.416 e. The van der Waals surface area contributed by atoms with E-state index in [9.17, 15) is 31.2 Å². The Morgan fingerprint density at radius 2 is 1.83 bits per heavy atom.